The molecule has 5 amide bonds. The Kier molecular flexibility index (Phi) is 12.7. The Hall–Kier alpha value is -2.84. The monoisotopic (exact) mass is 741 g/mol. The maximum Gasteiger partial charge on any atom is 0.315 e. The molecule has 0 spiro atoms. The van der Waals surface area contributed by atoms with Crippen molar-refractivity contribution < 1.29 is 41.2 Å². The molecule has 5 rings (SSSR count). The van der Waals surface area contributed by atoms with E-state index in [2.05, 4.69) is 21.3 Å². The zero-order valence-corrected chi connectivity index (χ0v) is 31.0. The van der Waals surface area contributed by atoms with E-state index >= 15 is 8.78 Å². The van der Waals surface area contributed by atoms with E-state index in [9.17, 15) is 32.4 Å². The minimum absolute atomic E-state index is 0.0476. The summed E-state index contributed by atoms with van der Waals surface area (Å²) in [5.41, 5.74) is -1.02. The van der Waals surface area contributed by atoms with Crippen molar-refractivity contribution in [2.45, 2.75) is 170 Å². The number of carbonyl (C=O) groups is 5. The van der Waals surface area contributed by atoms with E-state index < -0.39 is 87.1 Å². The van der Waals surface area contributed by atoms with Crippen LogP contribution in [-0.2, 0) is 29.0 Å². The molecule has 2 aliphatic carbocycles. The van der Waals surface area contributed by atoms with Gasteiger partial charge in [-0.1, -0.05) is 52.4 Å². The van der Waals surface area contributed by atoms with Gasteiger partial charge in [0.15, 0.2) is 9.84 Å². The van der Waals surface area contributed by atoms with Crippen LogP contribution in [0.25, 0.3) is 0 Å². The van der Waals surface area contributed by atoms with Gasteiger partial charge in [-0.3, -0.25) is 19.2 Å². The molecule has 1 unspecified atom stereocenters. The van der Waals surface area contributed by atoms with E-state index in [4.69, 9.17) is 0 Å². The summed E-state index contributed by atoms with van der Waals surface area (Å²) in [6, 6.07) is -4.42. The Labute approximate surface area is 300 Å². The largest absolute Gasteiger partial charge is 0.347 e. The van der Waals surface area contributed by atoms with Crippen molar-refractivity contribution in [3.05, 3.63) is 0 Å². The summed E-state index contributed by atoms with van der Waals surface area (Å²) in [7, 11) is -3.45. The second-order valence-electron chi connectivity index (χ2n) is 16.1. The normalized spacial score (nSPS) is 31.7. The molecule has 12 nitrogen and oxygen atoms in total. The molecule has 3 heterocycles. The number of hydrogen-bond donors (Lipinski definition) is 4. The van der Waals surface area contributed by atoms with E-state index in [1.807, 2.05) is 13.8 Å². The van der Waals surface area contributed by atoms with Crippen LogP contribution in [-0.4, -0.2) is 96.0 Å². The van der Waals surface area contributed by atoms with Gasteiger partial charge in [0.2, 0.25) is 23.5 Å². The van der Waals surface area contributed by atoms with Crippen LogP contribution in [0.2, 0.25) is 0 Å². The molecule has 5 aliphatic rings. The molecule has 0 aromatic rings. The summed E-state index contributed by atoms with van der Waals surface area (Å²) < 4.78 is 56.7. The molecule has 51 heavy (non-hydrogen) atoms. The van der Waals surface area contributed by atoms with Crippen molar-refractivity contribution >= 4 is 39.4 Å². The molecule has 5 fully saturated rings. The fourth-order valence-electron chi connectivity index (χ4n) is 8.59. The molecule has 5 atom stereocenters. The quantitative estimate of drug-likeness (QED) is 0.287. The Morgan fingerprint density at radius 2 is 1.51 bits per heavy atom. The SMILES string of the molecule is CC(C)C1C[C@H]2C(=O)N[C@H](C(=O)C(=O)NC3CC3)CCCCCCC(F)(F)CC[C@H](NC(=O)NC3([C@H]4CCCS4(=O)=O)CCCCC3)C(=O)N2C1. The topological polar surface area (TPSA) is 171 Å². The third-order valence-corrected chi connectivity index (χ3v) is 14.3. The number of Topliss-reactive ketones (excluding diaryl/α,β-unsaturated/α-hetero) is 1. The predicted molar refractivity (Wildman–Crippen MR) is 187 cm³/mol. The van der Waals surface area contributed by atoms with Crippen LogP contribution in [0, 0.1) is 11.8 Å². The third kappa shape index (κ3) is 9.98. The van der Waals surface area contributed by atoms with E-state index in [1.165, 1.54) is 4.90 Å². The first-order chi connectivity index (χ1) is 24.1. The summed E-state index contributed by atoms with van der Waals surface area (Å²) in [5, 5.41) is 10.3. The maximum absolute atomic E-state index is 15.3. The highest BCUT2D eigenvalue weighted by atomic mass is 32.2. The first-order valence-corrected chi connectivity index (χ1v) is 21.0. The number of alkyl halides is 2. The van der Waals surface area contributed by atoms with Gasteiger partial charge in [0.1, 0.15) is 12.1 Å². The number of carbonyl (C=O) groups excluding carboxylic acids is 5. The molecular weight excluding hydrogens is 684 g/mol. The van der Waals surface area contributed by atoms with Crippen molar-refractivity contribution in [1.29, 1.82) is 0 Å². The average Bonchev–Trinajstić information content (AvgIpc) is 3.63. The number of nitrogens with zero attached hydrogens (tertiary/aromatic N) is 1. The van der Waals surface area contributed by atoms with Crippen LogP contribution in [0.4, 0.5) is 13.6 Å². The number of sulfone groups is 1. The van der Waals surface area contributed by atoms with Crippen LogP contribution in [0.5, 0.6) is 0 Å². The molecule has 4 N–H and O–H groups in total. The van der Waals surface area contributed by atoms with Gasteiger partial charge in [-0.2, -0.15) is 0 Å². The molecule has 15 heteroatoms. The van der Waals surface area contributed by atoms with Crippen molar-refractivity contribution in [3.8, 4) is 0 Å². The van der Waals surface area contributed by atoms with Crippen LogP contribution in [0.1, 0.15) is 129 Å². The van der Waals surface area contributed by atoms with Crippen molar-refractivity contribution in [2.24, 2.45) is 11.8 Å². The van der Waals surface area contributed by atoms with Gasteiger partial charge in [0.05, 0.1) is 22.6 Å². The van der Waals surface area contributed by atoms with Gasteiger partial charge in [0, 0.05) is 25.4 Å². The van der Waals surface area contributed by atoms with Gasteiger partial charge < -0.3 is 26.2 Å². The van der Waals surface area contributed by atoms with E-state index in [0.29, 0.717) is 44.9 Å². The first kappa shape index (κ1) is 39.4. The lowest BCUT2D eigenvalue weighted by atomic mass is 9.78. The molecule has 0 radical (unpaired) electrons. The Morgan fingerprint density at radius 1 is 0.843 bits per heavy atom. The Bertz CT molecular complexity index is 1420. The maximum atomic E-state index is 15.3. The van der Waals surface area contributed by atoms with Gasteiger partial charge in [0.25, 0.3) is 5.91 Å². The molecule has 0 aromatic carbocycles. The summed E-state index contributed by atoms with van der Waals surface area (Å²) in [5.74, 6) is -5.94. The smallest absolute Gasteiger partial charge is 0.315 e. The number of ketones is 1. The van der Waals surface area contributed by atoms with E-state index in [1.54, 1.807) is 0 Å². The lowest BCUT2D eigenvalue weighted by Gasteiger charge is -2.42. The molecule has 3 saturated heterocycles. The van der Waals surface area contributed by atoms with E-state index in [0.717, 1.165) is 32.1 Å². The number of fused-ring (bicyclic) bond motifs is 1. The zero-order valence-electron chi connectivity index (χ0n) is 30.2. The molecule has 3 aliphatic heterocycles. The lowest BCUT2D eigenvalue weighted by Crippen LogP contribution is -2.63. The van der Waals surface area contributed by atoms with Crippen molar-refractivity contribution in [3.63, 3.8) is 0 Å². The summed E-state index contributed by atoms with van der Waals surface area (Å²) in [4.78, 5) is 69.5. The minimum Gasteiger partial charge on any atom is -0.347 e. The highest BCUT2D eigenvalue weighted by molar-refractivity contribution is 7.92. The fraction of sp³-hybridized carbons (Fsp3) is 0.861. The minimum atomic E-state index is -3.45. The highest BCUT2D eigenvalue weighted by Gasteiger charge is 2.50. The second kappa shape index (κ2) is 16.4. The number of nitrogens with one attached hydrogen (secondary N) is 4. The summed E-state index contributed by atoms with van der Waals surface area (Å²) in [6.07, 6.45) is 6.40. The van der Waals surface area contributed by atoms with Crippen molar-refractivity contribution in [2.75, 3.05) is 12.3 Å². The Morgan fingerprint density at radius 3 is 2.16 bits per heavy atom. The van der Waals surface area contributed by atoms with Crippen LogP contribution in [0.15, 0.2) is 0 Å². The number of amides is 5. The standard InChI is InChI=1S/C36H57F2N5O7S/c1-23(2)24-21-28-31(45)40-26(30(44)32(46)39-25-13-14-25)11-6-3-4-9-18-36(37,38)19-15-27(33(47)43(28)22-24)41-34(48)42-35(16-7-5-8-17-35)29-12-10-20-51(29,49)50/h23-29H,3-22H2,1-2H3,(H,39,46)(H,40,45)(H2,41,42,48)/t24?,26-,27-,28-,29+/m0/s1. The predicted octanol–water partition coefficient (Wildman–Crippen LogP) is 3.91. The van der Waals surface area contributed by atoms with Crippen LogP contribution in [0.3, 0.4) is 0 Å². The number of urea groups is 1. The highest BCUT2D eigenvalue weighted by Crippen LogP contribution is 2.40. The lowest BCUT2D eigenvalue weighted by molar-refractivity contribution is -0.143. The van der Waals surface area contributed by atoms with Gasteiger partial charge >= 0.3 is 6.03 Å². The van der Waals surface area contributed by atoms with Crippen LogP contribution >= 0.6 is 0 Å². The fourth-order valence-corrected chi connectivity index (χ4v) is 11.0. The third-order valence-electron chi connectivity index (χ3n) is 11.9. The number of halogens is 2. The molecule has 0 aromatic heterocycles. The van der Waals surface area contributed by atoms with E-state index in [-0.39, 0.29) is 55.9 Å². The Balaban J connectivity index is 1.40. The van der Waals surface area contributed by atoms with Crippen molar-refractivity contribution in [1.82, 2.24) is 26.2 Å². The molecule has 288 valence electrons. The molecule has 0 bridgehead atoms. The molecule has 2 saturated carbocycles. The summed E-state index contributed by atoms with van der Waals surface area (Å²) >= 11 is 0. The summed E-state index contributed by atoms with van der Waals surface area (Å²) in [6.45, 7) is 4.07. The zero-order chi connectivity index (χ0) is 37.0. The molecular formula is C36H57F2N5O7S. The van der Waals surface area contributed by atoms with Gasteiger partial charge in [-0.05, 0) is 76.0 Å². The van der Waals surface area contributed by atoms with Gasteiger partial charge in [-0.15, -0.1) is 0 Å². The average molecular weight is 742 g/mol. The number of hydrogen-bond acceptors (Lipinski definition) is 7. The van der Waals surface area contributed by atoms with Gasteiger partial charge in [-0.25, -0.2) is 22.0 Å². The second-order valence-corrected chi connectivity index (χ2v) is 18.4. The first-order valence-electron chi connectivity index (χ1n) is 19.2. The number of rotatable bonds is 7. The van der Waals surface area contributed by atoms with Crippen LogP contribution < -0.4 is 21.3 Å².